The van der Waals surface area contributed by atoms with Crippen LogP contribution in [0.2, 0.25) is 0 Å². The second-order valence-corrected chi connectivity index (χ2v) is 8.98. The Balaban J connectivity index is 1.50. The van der Waals surface area contributed by atoms with E-state index in [4.69, 9.17) is 14.5 Å². The monoisotopic (exact) mass is 530 g/mol. The molecule has 1 aliphatic heterocycles. The molecule has 0 saturated carbocycles. The molecule has 5 rings (SSSR count). The molecule has 0 saturated heterocycles. The van der Waals surface area contributed by atoms with Crippen LogP contribution in [-0.4, -0.2) is 69.0 Å². The number of rotatable bonds is 5. The normalized spacial score (nSPS) is 13.7. The maximum absolute atomic E-state index is 13.5. The van der Waals surface area contributed by atoms with Gasteiger partial charge >= 0.3 is 0 Å². The molecule has 2 bridgehead atoms. The van der Waals surface area contributed by atoms with E-state index < -0.39 is 0 Å². The predicted molar refractivity (Wildman–Crippen MR) is 146 cm³/mol. The van der Waals surface area contributed by atoms with Crippen molar-refractivity contribution in [3.8, 4) is 22.9 Å². The molecule has 0 spiro atoms. The second kappa shape index (κ2) is 11.4. The van der Waals surface area contributed by atoms with Gasteiger partial charge in [0.05, 0.1) is 29.5 Å². The van der Waals surface area contributed by atoms with Crippen LogP contribution in [0.25, 0.3) is 22.3 Å². The number of hydrogen-bond acceptors (Lipinski definition) is 8. The second-order valence-electron chi connectivity index (χ2n) is 8.98. The van der Waals surface area contributed by atoms with E-state index in [1.165, 1.54) is 6.08 Å². The Hall–Kier alpha value is -4.71. The van der Waals surface area contributed by atoms with Gasteiger partial charge in [0.25, 0.3) is 5.91 Å². The van der Waals surface area contributed by atoms with Crippen molar-refractivity contribution in [2.24, 2.45) is 7.05 Å². The van der Waals surface area contributed by atoms with Gasteiger partial charge in [-0.15, -0.1) is 0 Å². The van der Waals surface area contributed by atoms with E-state index in [2.05, 4.69) is 32.6 Å². The molecule has 12 heteroatoms. The predicted octanol–water partition coefficient (Wildman–Crippen LogP) is 2.06. The number of benzene rings is 1. The SMILES string of the molecule is C=CC(=O)NCCOc1cccc2nc3n(c12)CCNCCOc1c(cnn1C)-c1cc(cc(C)n1)C(=O)N3. The van der Waals surface area contributed by atoms with Crippen molar-refractivity contribution in [2.45, 2.75) is 13.5 Å². The third-order valence-corrected chi connectivity index (χ3v) is 6.20. The molecule has 0 aliphatic carbocycles. The highest BCUT2D eigenvalue weighted by Gasteiger charge is 2.21. The zero-order valence-corrected chi connectivity index (χ0v) is 21.9. The molecule has 3 aromatic heterocycles. The van der Waals surface area contributed by atoms with Crippen LogP contribution in [0, 0.1) is 6.92 Å². The standard InChI is InChI=1S/C27H30N8O4/c1-4-23(36)29-10-13-38-22-7-5-6-20-24(22)35-11-8-28-9-12-39-26-19(16-30-34(26)3)21-15-18(14-17(2)31-21)25(37)33-27(35)32-20/h4-7,14-16,28H,1,8-13H2,2-3H3,(H,29,36)(H,32,33,37). The van der Waals surface area contributed by atoms with Crippen molar-refractivity contribution in [3.05, 3.63) is 60.4 Å². The fraction of sp³-hybridized carbons (Fsp3) is 0.296. The van der Waals surface area contributed by atoms with Crippen LogP contribution in [0.5, 0.6) is 11.6 Å². The number of aromatic nitrogens is 5. The maximum Gasteiger partial charge on any atom is 0.258 e. The summed E-state index contributed by atoms with van der Waals surface area (Å²) in [5.41, 5.74) is 3.85. The highest BCUT2D eigenvalue weighted by molar-refractivity contribution is 6.05. The molecular weight excluding hydrogens is 500 g/mol. The Morgan fingerprint density at radius 3 is 3.00 bits per heavy atom. The van der Waals surface area contributed by atoms with Gasteiger partial charge < -0.3 is 24.7 Å². The lowest BCUT2D eigenvalue weighted by molar-refractivity contribution is -0.116. The fourth-order valence-electron chi connectivity index (χ4n) is 4.41. The van der Waals surface area contributed by atoms with Gasteiger partial charge in [-0.25, -0.2) is 9.67 Å². The minimum Gasteiger partial charge on any atom is -0.489 e. The molecule has 3 N–H and O–H groups in total. The van der Waals surface area contributed by atoms with Gasteiger partial charge in [0.1, 0.15) is 24.5 Å². The molecule has 0 radical (unpaired) electrons. The third kappa shape index (κ3) is 5.60. The van der Waals surface area contributed by atoms with Gasteiger partial charge in [0.15, 0.2) is 0 Å². The van der Waals surface area contributed by atoms with E-state index in [1.807, 2.05) is 29.7 Å². The molecular formula is C27H30N8O4. The number of amides is 2. The van der Waals surface area contributed by atoms with Gasteiger partial charge in [-0.2, -0.15) is 5.10 Å². The highest BCUT2D eigenvalue weighted by atomic mass is 16.5. The number of imidazole rings is 1. The molecule has 1 aliphatic rings. The summed E-state index contributed by atoms with van der Waals surface area (Å²) < 4.78 is 15.6. The topological polar surface area (TPSA) is 137 Å². The summed E-state index contributed by atoms with van der Waals surface area (Å²) in [5.74, 6) is 1.000. The Kier molecular flexibility index (Phi) is 7.55. The zero-order chi connectivity index (χ0) is 27.4. The number of para-hydroxylation sites is 1. The molecule has 12 nitrogen and oxygen atoms in total. The lowest BCUT2D eigenvalue weighted by Crippen LogP contribution is -2.27. The number of nitrogens with zero attached hydrogens (tertiary/aromatic N) is 5. The van der Waals surface area contributed by atoms with Gasteiger partial charge in [-0.1, -0.05) is 12.6 Å². The number of ether oxygens (including phenoxy) is 2. The first kappa shape index (κ1) is 25.9. The first-order valence-electron chi connectivity index (χ1n) is 12.6. The van der Waals surface area contributed by atoms with Crippen molar-refractivity contribution < 1.29 is 19.1 Å². The number of hydrogen-bond donors (Lipinski definition) is 3. The summed E-state index contributed by atoms with van der Waals surface area (Å²) >= 11 is 0. The number of nitrogens with one attached hydrogen (secondary N) is 3. The van der Waals surface area contributed by atoms with E-state index in [0.717, 1.165) is 5.52 Å². The number of pyridine rings is 1. The average Bonchev–Trinajstić information content (AvgIpc) is 3.47. The third-order valence-electron chi connectivity index (χ3n) is 6.20. The van der Waals surface area contributed by atoms with E-state index in [0.29, 0.717) is 78.4 Å². The van der Waals surface area contributed by atoms with Gasteiger partial charge in [0.2, 0.25) is 17.7 Å². The summed E-state index contributed by atoms with van der Waals surface area (Å²) in [6.45, 7) is 7.99. The van der Waals surface area contributed by atoms with Crippen LogP contribution in [0.15, 0.2) is 49.2 Å². The molecule has 39 heavy (non-hydrogen) atoms. The van der Waals surface area contributed by atoms with E-state index in [1.54, 1.807) is 30.1 Å². The van der Waals surface area contributed by atoms with Crippen molar-refractivity contribution in [2.75, 3.05) is 38.2 Å². The minimum absolute atomic E-state index is 0.260. The number of anilines is 1. The molecule has 4 aromatic rings. The molecule has 0 fully saturated rings. The zero-order valence-electron chi connectivity index (χ0n) is 21.9. The number of aryl methyl sites for hydroxylation is 2. The van der Waals surface area contributed by atoms with Gasteiger partial charge in [-0.3, -0.25) is 19.9 Å². The number of carbonyl (C=O) groups is 2. The van der Waals surface area contributed by atoms with Crippen molar-refractivity contribution >= 4 is 28.8 Å². The summed E-state index contributed by atoms with van der Waals surface area (Å²) in [6.07, 6.45) is 2.90. The van der Waals surface area contributed by atoms with Gasteiger partial charge in [0, 0.05) is 37.9 Å². The van der Waals surface area contributed by atoms with Crippen LogP contribution in [0.4, 0.5) is 5.95 Å². The molecule has 2 amide bonds. The maximum atomic E-state index is 13.5. The summed E-state index contributed by atoms with van der Waals surface area (Å²) in [5, 5.41) is 13.4. The quantitative estimate of drug-likeness (QED) is 0.263. The van der Waals surface area contributed by atoms with Crippen LogP contribution >= 0.6 is 0 Å². The van der Waals surface area contributed by atoms with Crippen molar-refractivity contribution in [1.29, 1.82) is 0 Å². The highest BCUT2D eigenvalue weighted by Crippen LogP contribution is 2.31. The van der Waals surface area contributed by atoms with Crippen LogP contribution in [0.1, 0.15) is 16.1 Å². The molecule has 0 atom stereocenters. The first-order chi connectivity index (χ1) is 18.9. The first-order valence-corrected chi connectivity index (χ1v) is 12.6. The molecule has 202 valence electrons. The van der Waals surface area contributed by atoms with Crippen molar-refractivity contribution in [3.63, 3.8) is 0 Å². The smallest absolute Gasteiger partial charge is 0.258 e. The molecule has 0 unspecified atom stereocenters. The summed E-state index contributed by atoms with van der Waals surface area (Å²) in [4.78, 5) is 34.3. The van der Waals surface area contributed by atoms with Crippen LogP contribution < -0.4 is 25.4 Å². The number of carbonyl (C=O) groups excluding carboxylic acids is 2. The summed E-state index contributed by atoms with van der Waals surface area (Å²) in [7, 11) is 1.81. The van der Waals surface area contributed by atoms with Crippen LogP contribution in [0.3, 0.4) is 0 Å². The Bertz CT molecular complexity index is 1540. The largest absolute Gasteiger partial charge is 0.489 e. The lowest BCUT2D eigenvalue weighted by atomic mass is 10.1. The lowest BCUT2D eigenvalue weighted by Gasteiger charge is -2.14. The van der Waals surface area contributed by atoms with E-state index in [9.17, 15) is 9.59 Å². The Labute approximate surface area is 225 Å². The van der Waals surface area contributed by atoms with Crippen molar-refractivity contribution in [1.82, 2.24) is 34.9 Å². The van der Waals surface area contributed by atoms with E-state index in [-0.39, 0.29) is 18.4 Å². The average molecular weight is 531 g/mol. The number of fused-ring (bicyclic) bond motifs is 7. The molecule has 1 aromatic carbocycles. The Morgan fingerprint density at radius 1 is 1.28 bits per heavy atom. The summed E-state index contributed by atoms with van der Waals surface area (Å²) in [6, 6.07) is 9.01. The van der Waals surface area contributed by atoms with E-state index >= 15 is 0 Å². The fourth-order valence-corrected chi connectivity index (χ4v) is 4.41. The molecule has 4 heterocycles. The van der Waals surface area contributed by atoms with Gasteiger partial charge in [-0.05, 0) is 37.3 Å². The van der Waals surface area contributed by atoms with Crippen LogP contribution in [-0.2, 0) is 18.4 Å². The Morgan fingerprint density at radius 2 is 2.15 bits per heavy atom. The minimum atomic E-state index is -0.317.